The lowest BCUT2D eigenvalue weighted by atomic mass is 9.89. The van der Waals surface area contributed by atoms with E-state index in [1.54, 1.807) is 35.2 Å². The van der Waals surface area contributed by atoms with Crippen LogP contribution in [0.15, 0.2) is 65.1 Å². The number of hydrogen-bond donors (Lipinski definition) is 1. The summed E-state index contributed by atoms with van der Waals surface area (Å²) in [5.74, 6) is 0.407. The van der Waals surface area contributed by atoms with Crippen molar-refractivity contribution in [2.45, 2.75) is 32.4 Å². The molecule has 3 aromatic carbocycles. The summed E-state index contributed by atoms with van der Waals surface area (Å²) < 4.78 is 11.4. The average Bonchev–Trinajstić information content (AvgIpc) is 3.37. The molecule has 0 saturated heterocycles. The Hall–Kier alpha value is -3.42. The summed E-state index contributed by atoms with van der Waals surface area (Å²) in [6.07, 6.45) is 2.66. The van der Waals surface area contributed by atoms with Crippen LogP contribution in [0.3, 0.4) is 0 Å². The van der Waals surface area contributed by atoms with Gasteiger partial charge < -0.3 is 19.5 Å². The summed E-state index contributed by atoms with van der Waals surface area (Å²) in [6, 6.07) is 16.8. The van der Waals surface area contributed by atoms with E-state index >= 15 is 0 Å². The van der Waals surface area contributed by atoms with Crippen LogP contribution in [-0.4, -0.2) is 23.6 Å². The van der Waals surface area contributed by atoms with Crippen molar-refractivity contribution >= 4 is 39.4 Å². The zero-order valence-electron chi connectivity index (χ0n) is 19.4. The lowest BCUT2D eigenvalue weighted by Gasteiger charge is -2.23. The molecule has 0 spiro atoms. The van der Waals surface area contributed by atoms with Crippen molar-refractivity contribution in [1.82, 2.24) is 0 Å². The van der Waals surface area contributed by atoms with Gasteiger partial charge in [0.2, 0.25) is 6.79 Å². The number of nitrogens with zero attached hydrogens (tertiary/aromatic N) is 1. The van der Waals surface area contributed by atoms with E-state index in [2.05, 4.69) is 15.9 Å². The lowest BCUT2D eigenvalue weighted by molar-refractivity contribution is -0.140. The number of aryl methyl sites for hydroxylation is 2. The molecule has 1 unspecified atom stereocenters. The maximum absolute atomic E-state index is 13.6. The number of anilines is 1. The number of ketones is 1. The van der Waals surface area contributed by atoms with Gasteiger partial charge >= 0.3 is 0 Å². The Morgan fingerprint density at radius 3 is 2.71 bits per heavy atom. The Morgan fingerprint density at radius 1 is 1.09 bits per heavy atom. The molecule has 0 aliphatic carbocycles. The van der Waals surface area contributed by atoms with Gasteiger partial charge in [-0.15, -0.1) is 0 Å². The van der Waals surface area contributed by atoms with Crippen molar-refractivity contribution in [3.8, 4) is 11.5 Å². The largest absolute Gasteiger partial charge is 0.454 e. The first kappa shape index (κ1) is 23.3. The van der Waals surface area contributed by atoms with Gasteiger partial charge in [-0.05, 0) is 66.9 Å². The quantitative estimate of drug-likeness (QED) is 0.440. The number of allylic oxidation sites excluding steroid dienone is 1. The van der Waals surface area contributed by atoms with Gasteiger partial charge in [-0.25, -0.2) is 0 Å². The Morgan fingerprint density at radius 2 is 1.89 bits per heavy atom. The first-order valence-electron chi connectivity index (χ1n) is 11.3. The van der Waals surface area contributed by atoms with Gasteiger partial charge in [-0.3, -0.25) is 9.59 Å². The molecule has 0 fully saturated rings. The van der Waals surface area contributed by atoms with Gasteiger partial charge in [0.25, 0.3) is 5.91 Å². The van der Waals surface area contributed by atoms with Crippen LogP contribution in [0.2, 0.25) is 0 Å². The molecule has 1 atom stereocenters. The first-order valence-corrected chi connectivity index (χ1v) is 12.0. The fraction of sp³-hybridized carbons (Fsp3) is 0.214. The number of carbonyl (C=O) groups excluding carboxylic acids is 2. The molecule has 0 bridgehead atoms. The van der Waals surface area contributed by atoms with E-state index in [0.29, 0.717) is 29.3 Å². The van der Waals surface area contributed by atoms with Crippen LogP contribution in [0.25, 0.3) is 6.08 Å². The minimum Gasteiger partial charge on any atom is -0.454 e. The minimum absolute atomic E-state index is 0.171. The summed E-state index contributed by atoms with van der Waals surface area (Å²) in [5.41, 5.74) is 2.97. The van der Waals surface area contributed by atoms with Crippen molar-refractivity contribution in [1.29, 1.82) is 0 Å². The van der Waals surface area contributed by atoms with Crippen molar-refractivity contribution in [3.63, 3.8) is 0 Å². The number of aliphatic hydroxyl groups is 1. The molecule has 3 aromatic rings. The second-order valence-electron chi connectivity index (χ2n) is 8.93. The van der Waals surface area contributed by atoms with Gasteiger partial charge in [0.1, 0.15) is 0 Å². The highest BCUT2D eigenvalue weighted by Crippen LogP contribution is 2.44. The summed E-state index contributed by atoms with van der Waals surface area (Å²) in [7, 11) is 0. The van der Waals surface area contributed by atoms with E-state index in [1.807, 2.05) is 44.2 Å². The van der Waals surface area contributed by atoms with E-state index < -0.39 is 11.5 Å². The zero-order chi connectivity index (χ0) is 24.7. The van der Waals surface area contributed by atoms with Crippen molar-refractivity contribution < 1.29 is 24.2 Å². The number of rotatable bonds is 6. The van der Waals surface area contributed by atoms with E-state index in [-0.39, 0.29) is 19.0 Å². The molecule has 1 N–H and O–H groups in total. The zero-order valence-corrected chi connectivity index (χ0v) is 21.0. The molecule has 7 heteroatoms. The van der Waals surface area contributed by atoms with Crippen LogP contribution in [0, 0.1) is 13.8 Å². The number of hydrogen-bond acceptors (Lipinski definition) is 5. The fourth-order valence-corrected chi connectivity index (χ4v) is 4.87. The molecular weight excluding hydrogens is 510 g/mol. The first-order chi connectivity index (χ1) is 16.7. The Labute approximate surface area is 211 Å². The van der Waals surface area contributed by atoms with Crippen molar-refractivity contribution in [3.05, 3.63) is 93.0 Å². The molecule has 2 aliphatic heterocycles. The highest BCUT2D eigenvalue weighted by molar-refractivity contribution is 9.10. The van der Waals surface area contributed by atoms with E-state index in [4.69, 9.17) is 9.47 Å². The third-order valence-corrected chi connectivity index (χ3v) is 6.91. The third kappa shape index (κ3) is 4.37. The molecule has 1 amide bonds. The summed E-state index contributed by atoms with van der Waals surface area (Å²) >= 11 is 3.43. The predicted octanol–water partition coefficient (Wildman–Crippen LogP) is 5.20. The molecule has 0 aromatic heterocycles. The second-order valence-corrected chi connectivity index (χ2v) is 9.85. The standard InChI is InChI=1S/C28H24BrNO5/c1-17-3-4-18(2)20(11-17)15-30-24-9-7-21(29)13-23(24)28(33,27(30)32)14-22(31)8-5-19-6-10-25-26(12-19)35-16-34-25/h3-13,33H,14-16H2,1-2H3. The Kier molecular flexibility index (Phi) is 5.99. The van der Waals surface area contributed by atoms with E-state index in [0.717, 1.165) is 26.7 Å². The average molecular weight is 534 g/mol. The smallest absolute Gasteiger partial charge is 0.264 e. The number of carbonyl (C=O) groups is 2. The van der Waals surface area contributed by atoms with Gasteiger partial charge in [0, 0.05) is 10.0 Å². The van der Waals surface area contributed by atoms with Gasteiger partial charge in [-0.1, -0.05) is 51.8 Å². The topological polar surface area (TPSA) is 76.1 Å². The SMILES string of the molecule is Cc1ccc(C)c(CN2C(=O)C(O)(CC(=O)C=Cc3ccc4c(c3)OCO4)c3cc(Br)ccc32)c1. The Bertz CT molecular complexity index is 1380. The number of fused-ring (bicyclic) bond motifs is 2. The minimum atomic E-state index is -1.95. The van der Waals surface area contributed by atoms with Gasteiger partial charge in [0.05, 0.1) is 18.7 Å². The van der Waals surface area contributed by atoms with Crippen molar-refractivity contribution in [2.75, 3.05) is 11.7 Å². The fourth-order valence-electron chi connectivity index (χ4n) is 4.51. The van der Waals surface area contributed by atoms with Crippen LogP contribution >= 0.6 is 15.9 Å². The summed E-state index contributed by atoms with van der Waals surface area (Å²) in [5, 5.41) is 11.6. The normalized spacial score (nSPS) is 18.4. The van der Waals surface area contributed by atoms with Crippen LogP contribution in [0.1, 0.15) is 34.2 Å². The molecule has 0 radical (unpaired) electrons. The molecule has 0 saturated carbocycles. The molecule has 2 aliphatic rings. The molecule has 178 valence electrons. The molecule has 5 rings (SSSR count). The summed E-state index contributed by atoms with van der Waals surface area (Å²) in [6.45, 7) is 4.48. The highest BCUT2D eigenvalue weighted by Gasteiger charge is 2.50. The van der Waals surface area contributed by atoms with Crippen LogP contribution in [0.4, 0.5) is 5.69 Å². The van der Waals surface area contributed by atoms with Crippen molar-refractivity contribution in [2.24, 2.45) is 0 Å². The van der Waals surface area contributed by atoms with E-state index in [9.17, 15) is 14.7 Å². The highest BCUT2D eigenvalue weighted by atomic mass is 79.9. The van der Waals surface area contributed by atoms with Crippen LogP contribution in [0.5, 0.6) is 11.5 Å². The second kappa shape index (κ2) is 8.98. The maximum atomic E-state index is 13.6. The van der Waals surface area contributed by atoms with E-state index in [1.165, 1.54) is 6.08 Å². The number of halogens is 1. The number of ether oxygens (including phenoxy) is 2. The molecule has 35 heavy (non-hydrogen) atoms. The van der Waals surface area contributed by atoms with Gasteiger partial charge in [0.15, 0.2) is 22.9 Å². The van der Waals surface area contributed by atoms with Gasteiger partial charge in [-0.2, -0.15) is 0 Å². The van der Waals surface area contributed by atoms with Crippen LogP contribution in [-0.2, 0) is 21.7 Å². The monoisotopic (exact) mass is 533 g/mol. The third-order valence-electron chi connectivity index (χ3n) is 6.42. The lowest BCUT2D eigenvalue weighted by Crippen LogP contribution is -2.41. The van der Waals surface area contributed by atoms with Crippen LogP contribution < -0.4 is 14.4 Å². The summed E-state index contributed by atoms with van der Waals surface area (Å²) in [4.78, 5) is 28.1. The molecule has 6 nitrogen and oxygen atoms in total. The predicted molar refractivity (Wildman–Crippen MR) is 136 cm³/mol. The molecule has 2 heterocycles. The number of amides is 1. The Balaban J connectivity index is 1.42. The maximum Gasteiger partial charge on any atom is 0.264 e. The molecular formula is C28H24BrNO5. The number of benzene rings is 3.